The Hall–Kier alpha value is 2.50. The normalized spacial score (nSPS) is 3.86. The zero-order chi connectivity index (χ0) is 14.3. The van der Waals surface area contributed by atoms with E-state index in [2.05, 4.69) is 0 Å². The fourth-order valence-electron chi connectivity index (χ4n) is 0. The number of hydrogen-bond acceptors (Lipinski definition) is 12. The summed E-state index contributed by atoms with van der Waals surface area (Å²) in [4.78, 5) is 0. The van der Waals surface area contributed by atoms with Crippen molar-refractivity contribution in [3.63, 3.8) is 0 Å². The first kappa shape index (κ1) is 126. The van der Waals surface area contributed by atoms with Crippen LogP contribution in [0.2, 0.25) is 0 Å². The van der Waals surface area contributed by atoms with E-state index in [4.69, 9.17) is 60.3 Å². The van der Waals surface area contributed by atoms with Crippen LogP contribution in [0.3, 0.4) is 0 Å². The first-order chi connectivity index (χ1) is 6.93. The quantitative estimate of drug-likeness (QED) is 0.127. The van der Waals surface area contributed by atoms with Crippen LogP contribution in [0.25, 0.3) is 0 Å². The standard InChI is InChI=1S/3BH3O3.BO3.K.10H2O.Sr/c4*2-1(3)4;;;;;;;;;;;;/h3*2-4H;;;10*1H2;/q;;;-3;+1;;;;;;;;;;;+2. The van der Waals surface area contributed by atoms with Crippen molar-refractivity contribution in [3.8, 4) is 0 Å². The van der Waals surface area contributed by atoms with Gasteiger partial charge in [0.15, 0.2) is 0 Å². The molecular weight excluding hydrogens is 522 g/mol. The minimum Gasteiger partial charge on any atom is -0.907 e. The molecule has 0 aliphatic rings. The molecule has 28 heteroatoms. The molecule has 0 unspecified atom stereocenters. The van der Waals surface area contributed by atoms with E-state index < -0.39 is 29.3 Å². The minimum absolute atomic E-state index is 0. The Labute approximate surface area is 238 Å². The van der Waals surface area contributed by atoms with E-state index >= 15 is 0 Å². The van der Waals surface area contributed by atoms with Crippen molar-refractivity contribution < 1.29 is 166 Å². The van der Waals surface area contributed by atoms with Gasteiger partial charge in [-0.25, -0.2) is 0 Å². The van der Waals surface area contributed by atoms with Gasteiger partial charge in [-0.2, -0.15) is 0 Å². The predicted octanol–water partition coefficient (Wildman–Crippen LogP) is -21.7. The first-order valence-corrected chi connectivity index (χ1v) is 3.03. The molecular formula is H29B4KO22Sr. The van der Waals surface area contributed by atoms with Crippen molar-refractivity contribution in [2.75, 3.05) is 0 Å². The Kier molecular flexibility index (Phi) is 514. The molecule has 0 fully saturated rings. The van der Waals surface area contributed by atoms with Crippen LogP contribution in [0.15, 0.2) is 0 Å². The van der Waals surface area contributed by atoms with Gasteiger partial charge in [0, 0.05) is 0 Å². The summed E-state index contributed by atoms with van der Waals surface area (Å²) in [6.45, 7) is 0. The molecule has 28 heavy (non-hydrogen) atoms. The van der Waals surface area contributed by atoms with E-state index in [0.717, 1.165) is 0 Å². The summed E-state index contributed by atoms with van der Waals surface area (Å²) in [5.74, 6) is 0. The van der Waals surface area contributed by atoms with Gasteiger partial charge in [0.2, 0.25) is 0 Å². The largest absolute Gasteiger partial charge is 2.00 e. The molecule has 0 aromatic carbocycles. The Balaban J connectivity index is -0.00000000429. The van der Waals surface area contributed by atoms with Gasteiger partial charge in [0.1, 0.15) is 0 Å². The summed E-state index contributed by atoms with van der Waals surface area (Å²) in [6.07, 6.45) is 0. The van der Waals surface area contributed by atoms with Crippen LogP contribution in [0, 0.1) is 0 Å². The van der Waals surface area contributed by atoms with Crippen molar-refractivity contribution in [3.05, 3.63) is 0 Å². The summed E-state index contributed by atoms with van der Waals surface area (Å²) in [6, 6.07) is 0. The van der Waals surface area contributed by atoms with Crippen LogP contribution in [-0.4, -0.2) is 175 Å². The zero-order valence-corrected chi connectivity index (χ0v) is 20.9. The molecule has 0 saturated carbocycles. The van der Waals surface area contributed by atoms with Crippen molar-refractivity contribution in [1.82, 2.24) is 0 Å². The van der Waals surface area contributed by atoms with Gasteiger partial charge in [0.05, 0.1) is 0 Å². The molecule has 176 valence electrons. The van der Waals surface area contributed by atoms with E-state index in [1.54, 1.807) is 0 Å². The molecule has 0 radical (unpaired) electrons. The molecule has 0 aliphatic carbocycles. The summed E-state index contributed by atoms with van der Waals surface area (Å²) in [7, 11) is -9.42. The maximum absolute atomic E-state index is 8.42. The summed E-state index contributed by atoms with van der Waals surface area (Å²) in [5, 5.41) is 89.8. The average molecular weight is 551 g/mol. The van der Waals surface area contributed by atoms with E-state index in [1.807, 2.05) is 0 Å². The minimum atomic E-state index is -2.92. The third kappa shape index (κ3) is 3460. The Bertz CT molecular complexity index is 71.5. The Morgan fingerprint density at radius 1 is 0.357 bits per heavy atom. The van der Waals surface area contributed by atoms with Crippen LogP contribution >= 0.6 is 0 Å². The molecule has 0 rings (SSSR count). The third-order valence-electron chi connectivity index (χ3n) is 0. The molecule has 0 heterocycles. The molecule has 29 N–H and O–H groups in total. The maximum Gasteiger partial charge on any atom is 2.00 e. The molecule has 0 aromatic heterocycles. The van der Waals surface area contributed by atoms with E-state index in [0.29, 0.717) is 0 Å². The second kappa shape index (κ2) is 114. The molecule has 0 amide bonds. The molecule has 0 atom stereocenters. The molecule has 0 saturated heterocycles. The molecule has 0 aromatic rings. The van der Waals surface area contributed by atoms with Crippen molar-refractivity contribution in [2.24, 2.45) is 0 Å². The SMILES string of the molecule is O.O.O.O.O.O.O.O.O.O.OB(O)O.OB(O)O.OB(O)O.[K+].[O-]B([O-])[O-].[Sr+2]. The average Bonchev–Trinajstić information content (AvgIpc) is 1.76. The molecule has 0 spiro atoms. The van der Waals surface area contributed by atoms with Gasteiger partial charge in [-0.3, -0.25) is 7.32 Å². The van der Waals surface area contributed by atoms with Crippen molar-refractivity contribution in [1.29, 1.82) is 0 Å². The van der Waals surface area contributed by atoms with Gasteiger partial charge >= 0.3 is 119 Å². The van der Waals surface area contributed by atoms with E-state index in [1.165, 1.54) is 0 Å². The Morgan fingerprint density at radius 3 is 0.357 bits per heavy atom. The predicted molar refractivity (Wildman–Crippen MR) is 84.9 cm³/mol. The first-order valence-electron chi connectivity index (χ1n) is 3.03. The second-order valence-corrected chi connectivity index (χ2v) is 1.33. The van der Waals surface area contributed by atoms with E-state index in [9.17, 15) is 0 Å². The van der Waals surface area contributed by atoms with Crippen LogP contribution in [0.1, 0.15) is 0 Å². The summed E-state index contributed by atoms with van der Waals surface area (Å²) >= 11 is 0. The molecule has 0 aliphatic heterocycles. The topological polar surface area (TPSA) is 566 Å². The van der Waals surface area contributed by atoms with Crippen molar-refractivity contribution in [2.45, 2.75) is 0 Å². The zero-order valence-electron chi connectivity index (χ0n) is 14.3. The number of rotatable bonds is 0. The van der Waals surface area contributed by atoms with Gasteiger partial charge < -0.3 is 115 Å². The Morgan fingerprint density at radius 2 is 0.357 bits per heavy atom. The van der Waals surface area contributed by atoms with Crippen molar-refractivity contribution >= 4 is 74.8 Å². The van der Waals surface area contributed by atoms with Crippen LogP contribution in [-0.2, 0) is 0 Å². The van der Waals surface area contributed by atoms with Gasteiger partial charge in [-0.1, -0.05) is 0 Å². The van der Waals surface area contributed by atoms with Gasteiger partial charge in [0.25, 0.3) is 0 Å². The fraction of sp³-hybridized carbons (Fsp3) is 0. The molecule has 22 nitrogen and oxygen atoms in total. The number of hydrogen-bond donors (Lipinski definition) is 9. The van der Waals surface area contributed by atoms with Gasteiger partial charge in [-0.15, -0.1) is 0 Å². The van der Waals surface area contributed by atoms with Crippen LogP contribution in [0.4, 0.5) is 0 Å². The maximum atomic E-state index is 8.42. The summed E-state index contributed by atoms with van der Waals surface area (Å²) < 4.78 is 0. The monoisotopic (exact) mass is 552 g/mol. The summed E-state index contributed by atoms with van der Waals surface area (Å²) in [5.41, 5.74) is 0. The molecule has 0 bridgehead atoms. The smallest absolute Gasteiger partial charge is 0.907 e. The van der Waals surface area contributed by atoms with Gasteiger partial charge in [-0.05, 0) is 0 Å². The van der Waals surface area contributed by atoms with E-state index in [-0.39, 0.29) is 152 Å². The van der Waals surface area contributed by atoms with Crippen LogP contribution in [0.5, 0.6) is 0 Å². The second-order valence-electron chi connectivity index (χ2n) is 1.33. The fourth-order valence-corrected chi connectivity index (χ4v) is 0. The van der Waals surface area contributed by atoms with Crippen LogP contribution < -0.4 is 66.5 Å². The third-order valence-corrected chi connectivity index (χ3v) is 0.